The van der Waals surface area contributed by atoms with Crippen molar-refractivity contribution in [3.63, 3.8) is 0 Å². The highest BCUT2D eigenvalue weighted by molar-refractivity contribution is 7.89. The Morgan fingerprint density at radius 1 is 1.00 bits per heavy atom. The zero-order chi connectivity index (χ0) is 21.1. The summed E-state index contributed by atoms with van der Waals surface area (Å²) in [6.07, 6.45) is 9.76. The van der Waals surface area contributed by atoms with Crippen molar-refractivity contribution < 1.29 is 8.42 Å². The molecule has 3 N–H and O–H groups in total. The van der Waals surface area contributed by atoms with Crippen LogP contribution in [0, 0.1) is 6.92 Å². The third-order valence-electron chi connectivity index (χ3n) is 5.61. The third kappa shape index (κ3) is 4.06. The summed E-state index contributed by atoms with van der Waals surface area (Å²) in [6.45, 7) is 3.13. The van der Waals surface area contributed by atoms with E-state index >= 15 is 0 Å². The van der Waals surface area contributed by atoms with Gasteiger partial charge in [0.2, 0.25) is 10.0 Å². The fourth-order valence-corrected chi connectivity index (χ4v) is 5.59. The van der Waals surface area contributed by atoms with Gasteiger partial charge in [0.25, 0.3) is 0 Å². The van der Waals surface area contributed by atoms with E-state index in [9.17, 15) is 8.42 Å². The Balaban J connectivity index is 1.83. The first-order chi connectivity index (χ1) is 14.5. The number of allylic oxidation sites excluding steroid dienone is 3. The molecule has 2 aromatic rings. The van der Waals surface area contributed by atoms with Crippen LogP contribution in [-0.2, 0) is 10.0 Å². The zero-order valence-corrected chi connectivity index (χ0v) is 17.9. The zero-order valence-electron chi connectivity index (χ0n) is 17.1. The summed E-state index contributed by atoms with van der Waals surface area (Å²) >= 11 is 0. The summed E-state index contributed by atoms with van der Waals surface area (Å²) < 4.78 is 28.9. The van der Waals surface area contributed by atoms with Crippen LogP contribution in [0.15, 0.2) is 89.0 Å². The summed E-state index contributed by atoms with van der Waals surface area (Å²) in [5.41, 5.74) is 10.7. The largest absolute Gasteiger partial charge is 0.399 e. The van der Waals surface area contributed by atoms with Crippen molar-refractivity contribution in [1.29, 1.82) is 0 Å². The molecule has 156 valence electrons. The minimum atomic E-state index is -3.70. The first kappa shape index (κ1) is 20.4. The molecule has 6 heteroatoms. The Morgan fingerprint density at radius 3 is 2.43 bits per heavy atom. The maximum Gasteiger partial charge on any atom is 0.244 e. The van der Waals surface area contributed by atoms with E-state index in [1.807, 2.05) is 43.3 Å². The predicted molar refractivity (Wildman–Crippen MR) is 121 cm³/mol. The van der Waals surface area contributed by atoms with E-state index < -0.39 is 16.1 Å². The average Bonchev–Trinajstić information content (AvgIpc) is 2.86. The highest BCUT2D eigenvalue weighted by Gasteiger charge is 2.38. The number of hydrogen-bond acceptors (Lipinski definition) is 4. The molecule has 2 aromatic carbocycles. The molecule has 0 amide bonds. The van der Waals surface area contributed by atoms with E-state index in [0.717, 1.165) is 23.2 Å². The van der Waals surface area contributed by atoms with Gasteiger partial charge in [-0.05, 0) is 55.2 Å². The van der Waals surface area contributed by atoms with Gasteiger partial charge in [-0.3, -0.25) is 0 Å². The van der Waals surface area contributed by atoms with Crippen LogP contribution < -0.4 is 11.1 Å². The lowest BCUT2D eigenvalue weighted by Gasteiger charge is -2.38. The number of anilines is 1. The molecule has 1 unspecified atom stereocenters. The Kier molecular flexibility index (Phi) is 5.79. The molecule has 0 bridgehead atoms. The van der Waals surface area contributed by atoms with Crippen LogP contribution in [0.2, 0.25) is 0 Å². The SMILES string of the molecule is Cc1ccc(C2C3=C(C/C=C\C=C/CN3)CCN2S(=O)(=O)c2ccc(N)cc2)cc1. The van der Waals surface area contributed by atoms with Gasteiger partial charge >= 0.3 is 0 Å². The first-order valence-electron chi connectivity index (χ1n) is 10.2. The first-order valence-corrected chi connectivity index (χ1v) is 11.6. The van der Waals surface area contributed by atoms with Gasteiger partial charge in [-0.1, -0.05) is 54.1 Å². The minimum Gasteiger partial charge on any atom is -0.399 e. The van der Waals surface area contributed by atoms with Crippen molar-refractivity contribution in [2.45, 2.75) is 30.7 Å². The van der Waals surface area contributed by atoms with Crippen molar-refractivity contribution >= 4 is 15.7 Å². The lowest BCUT2D eigenvalue weighted by atomic mass is 9.92. The van der Waals surface area contributed by atoms with Crippen LogP contribution in [0.3, 0.4) is 0 Å². The van der Waals surface area contributed by atoms with Crippen molar-refractivity contribution in [2.75, 3.05) is 18.8 Å². The van der Waals surface area contributed by atoms with Gasteiger partial charge < -0.3 is 11.1 Å². The van der Waals surface area contributed by atoms with Crippen LogP contribution in [0.5, 0.6) is 0 Å². The lowest BCUT2D eigenvalue weighted by Crippen LogP contribution is -2.43. The molecule has 2 aliphatic rings. The number of nitrogens with one attached hydrogen (secondary N) is 1. The Bertz CT molecular complexity index is 1100. The van der Waals surface area contributed by atoms with E-state index in [2.05, 4.69) is 17.5 Å². The van der Waals surface area contributed by atoms with E-state index in [0.29, 0.717) is 25.2 Å². The van der Waals surface area contributed by atoms with E-state index in [4.69, 9.17) is 5.73 Å². The lowest BCUT2D eigenvalue weighted by molar-refractivity contribution is 0.325. The summed E-state index contributed by atoms with van der Waals surface area (Å²) in [5.74, 6) is 0. The smallest absolute Gasteiger partial charge is 0.244 e. The summed E-state index contributed by atoms with van der Waals surface area (Å²) in [7, 11) is -3.70. The van der Waals surface area contributed by atoms with Crippen molar-refractivity contribution in [1.82, 2.24) is 9.62 Å². The van der Waals surface area contributed by atoms with Crippen molar-refractivity contribution in [2.24, 2.45) is 0 Å². The maximum absolute atomic E-state index is 13.7. The third-order valence-corrected chi connectivity index (χ3v) is 7.49. The summed E-state index contributed by atoms with van der Waals surface area (Å²) in [4.78, 5) is 0.265. The maximum atomic E-state index is 13.7. The molecule has 0 saturated heterocycles. The molecule has 30 heavy (non-hydrogen) atoms. The van der Waals surface area contributed by atoms with E-state index in [1.54, 1.807) is 28.6 Å². The fourth-order valence-electron chi connectivity index (χ4n) is 4.00. The Morgan fingerprint density at radius 2 is 1.70 bits per heavy atom. The van der Waals surface area contributed by atoms with Gasteiger partial charge in [0.1, 0.15) is 0 Å². The molecule has 0 radical (unpaired) electrons. The topological polar surface area (TPSA) is 75.4 Å². The number of rotatable bonds is 3. The van der Waals surface area contributed by atoms with Crippen LogP contribution in [-0.4, -0.2) is 25.8 Å². The van der Waals surface area contributed by atoms with Crippen LogP contribution >= 0.6 is 0 Å². The molecular formula is C24H27N3O2S. The van der Waals surface area contributed by atoms with E-state index in [-0.39, 0.29) is 4.90 Å². The van der Waals surface area contributed by atoms with Gasteiger partial charge in [-0.2, -0.15) is 4.31 Å². The van der Waals surface area contributed by atoms with Crippen LogP contribution in [0.4, 0.5) is 5.69 Å². The Labute approximate surface area is 178 Å². The highest BCUT2D eigenvalue weighted by atomic mass is 32.2. The quantitative estimate of drug-likeness (QED) is 0.733. The highest BCUT2D eigenvalue weighted by Crippen LogP contribution is 2.39. The number of benzene rings is 2. The summed E-state index contributed by atoms with van der Waals surface area (Å²) in [5, 5.41) is 3.52. The normalized spacial score (nSPS) is 22.2. The predicted octanol–water partition coefficient (Wildman–Crippen LogP) is 4.07. The number of nitrogens with two attached hydrogens (primary N) is 1. The second kappa shape index (κ2) is 8.50. The van der Waals surface area contributed by atoms with Crippen molar-refractivity contribution in [3.05, 3.63) is 95.2 Å². The molecule has 0 aliphatic carbocycles. The molecule has 2 aliphatic heterocycles. The number of hydrogen-bond donors (Lipinski definition) is 2. The standard InChI is InChI=1S/C24H27N3O2S/c1-18-7-9-20(10-8-18)24-23-19(6-4-2-3-5-16-26-23)15-17-27(24)30(28,29)22-13-11-21(25)12-14-22/h2-5,7-14,24,26H,6,15-17,25H2,1H3/b4-2-,5-3-. The van der Waals surface area contributed by atoms with Gasteiger partial charge in [-0.25, -0.2) is 8.42 Å². The number of nitrogens with zero attached hydrogens (tertiary/aromatic N) is 1. The molecule has 2 heterocycles. The number of nitrogen functional groups attached to an aromatic ring is 1. The fraction of sp³-hybridized carbons (Fsp3) is 0.250. The molecule has 0 spiro atoms. The molecule has 1 atom stereocenters. The molecule has 0 saturated carbocycles. The number of aryl methyl sites for hydroxylation is 1. The molecule has 0 fully saturated rings. The Hall–Kier alpha value is -2.83. The van der Waals surface area contributed by atoms with Crippen LogP contribution in [0.1, 0.15) is 30.0 Å². The second-order valence-corrected chi connectivity index (χ2v) is 9.60. The number of sulfonamides is 1. The van der Waals surface area contributed by atoms with Crippen molar-refractivity contribution in [3.8, 4) is 0 Å². The van der Waals surface area contributed by atoms with Gasteiger partial charge in [0.05, 0.1) is 10.9 Å². The monoisotopic (exact) mass is 421 g/mol. The van der Waals surface area contributed by atoms with Gasteiger partial charge in [-0.15, -0.1) is 0 Å². The molecule has 0 aromatic heterocycles. The average molecular weight is 422 g/mol. The van der Waals surface area contributed by atoms with Crippen LogP contribution in [0.25, 0.3) is 0 Å². The van der Waals surface area contributed by atoms with Gasteiger partial charge in [0.15, 0.2) is 0 Å². The molecule has 4 rings (SSSR count). The minimum absolute atomic E-state index is 0.265. The second-order valence-electron chi connectivity index (χ2n) is 7.71. The van der Waals surface area contributed by atoms with E-state index in [1.165, 1.54) is 5.57 Å². The summed E-state index contributed by atoms with van der Waals surface area (Å²) in [6, 6.07) is 14.2. The van der Waals surface area contributed by atoms with Gasteiger partial charge in [0, 0.05) is 24.5 Å². The molecular weight excluding hydrogens is 394 g/mol. The molecule has 5 nitrogen and oxygen atoms in total.